The fourth-order valence-corrected chi connectivity index (χ4v) is 1.84. The smallest absolute Gasteiger partial charge is 0.165 e. The monoisotopic (exact) mass is 272 g/mol. The molecule has 1 aromatic carbocycles. The van der Waals surface area contributed by atoms with E-state index in [9.17, 15) is 20.5 Å². The maximum Gasteiger partial charge on any atom is 0.165 e. The molecule has 1 saturated heterocycles. The number of quaternary nitrogens is 1. The first-order valence-corrected chi connectivity index (χ1v) is 5.74. The maximum atomic E-state index is 10.8. The Labute approximate surface area is 109 Å². The number of ether oxygens (including phenoxy) is 1. The number of aliphatic hydroxyl groups is 3. The van der Waals surface area contributed by atoms with Gasteiger partial charge in [0.15, 0.2) is 11.9 Å². The Bertz CT molecular complexity index is 429. The molecule has 106 valence electrons. The number of nitrogens with one attached hydrogen (secondary N) is 2. The topological polar surface area (TPSA) is 130 Å². The van der Waals surface area contributed by atoms with Crippen LogP contribution in [0.4, 0.5) is 11.4 Å². The second kappa shape index (κ2) is 5.80. The summed E-state index contributed by atoms with van der Waals surface area (Å²) in [5.74, 6) is 0. The lowest BCUT2D eigenvalue weighted by Gasteiger charge is -2.35. The highest BCUT2D eigenvalue weighted by Gasteiger charge is 2.37. The van der Waals surface area contributed by atoms with Crippen LogP contribution in [0.2, 0.25) is 0 Å². The van der Waals surface area contributed by atoms with E-state index in [1.807, 2.05) is 0 Å². The highest BCUT2D eigenvalue weighted by atomic mass is 16.8. The summed E-state index contributed by atoms with van der Waals surface area (Å²) in [6, 6.07) is 5.98. The van der Waals surface area contributed by atoms with Crippen LogP contribution in [0.3, 0.4) is 0 Å². The van der Waals surface area contributed by atoms with Crippen molar-refractivity contribution in [1.82, 2.24) is 0 Å². The molecule has 2 rings (SSSR count). The van der Waals surface area contributed by atoms with Crippen molar-refractivity contribution in [2.24, 2.45) is 0 Å². The summed E-state index contributed by atoms with van der Waals surface area (Å²) < 4.78 is 5.16. The average Bonchev–Trinajstić information content (AvgIpc) is 2.40. The lowest BCUT2D eigenvalue weighted by atomic mass is 10.0. The van der Waals surface area contributed by atoms with Gasteiger partial charge in [0, 0.05) is 17.8 Å². The molecule has 0 spiro atoms. The van der Waals surface area contributed by atoms with Gasteiger partial charge in [0.2, 0.25) is 0 Å². The number of benzene rings is 1. The van der Waals surface area contributed by atoms with Crippen molar-refractivity contribution in [3.05, 3.63) is 29.5 Å². The Morgan fingerprint density at radius 2 is 2.00 bits per heavy atom. The third-order valence-corrected chi connectivity index (χ3v) is 2.92. The van der Waals surface area contributed by atoms with Gasteiger partial charge in [0.1, 0.15) is 18.3 Å². The molecule has 1 fully saturated rings. The van der Waals surface area contributed by atoms with Crippen LogP contribution in [0.5, 0.6) is 0 Å². The zero-order chi connectivity index (χ0) is 14.0. The average molecular weight is 272 g/mol. The van der Waals surface area contributed by atoms with Crippen molar-refractivity contribution in [1.29, 1.82) is 0 Å². The molecule has 5 atom stereocenters. The molecule has 0 saturated carbocycles. The van der Waals surface area contributed by atoms with Crippen molar-refractivity contribution in [3.8, 4) is 0 Å². The van der Waals surface area contributed by atoms with Gasteiger partial charge in [-0.1, -0.05) is 6.07 Å². The number of anilines is 1. The first-order chi connectivity index (χ1) is 8.99. The minimum absolute atomic E-state index is 0.0934. The molecule has 1 aromatic rings. The third kappa shape index (κ3) is 3.19. The second-order valence-corrected chi connectivity index (χ2v) is 4.33. The SMILES string of the molecule is [O-][NH+](O)c1cccc(NC2OCC(O)C(O)C2O)c1. The number of hydrogen-bond acceptors (Lipinski definition) is 7. The number of rotatable bonds is 3. The van der Waals surface area contributed by atoms with Crippen molar-refractivity contribution in [2.75, 3.05) is 11.9 Å². The van der Waals surface area contributed by atoms with Crippen LogP contribution in [-0.4, -0.2) is 51.7 Å². The molecule has 1 aliphatic heterocycles. The summed E-state index contributed by atoms with van der Waals surface area (Å²) in [5, 5.41) is 50.0. The van der Waals surface area contributed by atoms with Gasteiger partial charge in [0.05, 0.1) is 6.61 Å². The Balaban J connectivity index is 2.06. The van der Waals surface area contributed by atoms with E-state index in [2.05, 4.69) is 5.32 Å². The fourth-order valence-electron chi connectivity index (χ4n) is 1.84. The first kappa shape index (κ1) is 14.2. The van der Waals surface area contributed by atoms with Crippen LogP contribution in [0, 0.1) is 5.21 Å². The van der Waals surface area contributed by atoms with Crippen LogP contribution in [0.15, 0.2) is 24.3 Å². The largest absolute Gasteiger partial charge is 0.595 e. The first-order valence-electron chi connectivity index (χ1n) is 5.74. The molecule has 0 aliphatic carbocycles. The minimum atomic E-state index is -1.31. The van der Waals surface area contributed by atoms with Crippen LogP contribution >= 0.6 is 0 Å². The minimum Gasteiger partial charge on any atom is -0.595 e. The Morgan fingerprint density at radius 3 is 2.68 bits per heavy atom. The molecule has 8 nitrogen and oxygen atoms in total. The van der Waals surface area contributed by atoms with Crippen molar-refractivity contribution >= 4 is 11.4 Å². The van der Waals surface area contributed by atoms with Crippen molar-refractivity contribution < 1.29 is 30.5 Å². The Kier molecular flexibility index (Phi) is 4.32. The predicted molar refractivity (Wildman–Crippen MR) is 63.6 cm³/mol. The number of hydrogen-bond donors (Lipinski definition) is 6. The highest BCUT2D eigenvalue weighted by Crippen LogP contribution is 2.19. The zero-order valence-electron chi connectivity index (χ0n) is 9.93. The summed E-state index contributed by atoms with van der Waals surface area (Å²) in [5.41, 5.74) is 0.531. The summed E-state index contributed by atoms with van der Waals surface area (Å²) in [6.07, 6.45) is -4.67. The van der Waals surface area contributed by atoms with E-state index in [1.165, 1.54) is 12.1 Å². The van der Waals surface area contributed by atoms with E-state index < -0.39 is 29.8 Å². The van der Waals surface area contributed by atoms with Crippen LogP contribution in [0.1, 0.15) is 0 Å². The van der Waals surface area contributed by atoms with Gasteiger partial charge in [-0.2, -0.15) is 5.23 Å². The Hall–Kier alpha value is -1.26. The van der Waals surface area contributed by atoms with Gasteiger partial charge in [-0.25, -0.2) is 5.21 Å². The molecule has 1 heterocycles. The second-order valence-electron chi connectivity index (χ2n) is 4.33. The molecular weight excluding hydrogens is 256 g/mol. The Morgan fingerprint density at radius 1 is 1.26 bits per heavy atom. The summed E-state index contributed by atoms with van der Waals surface area (Å²) in [7, 11) is 0. The maximum absolute atomic E-state index is 10.8. The molecule has 0 bridgehead atoms. The van der Waals surface area contributed by atoms with Gasteiger partial charge in [-0.3, -0.25) is 0 Å². The van der Waals surface area contributed by atoms with Gasteiger partial charge >= 0.3 is 0 Å². The van der Waals surface area contributed by atoms with Crippen LogP contribution < -0.4 is 10.5 Å². The highest BCUT2D eigenvalue weighted by molar-refractivity contribution is 5.51. The lowest BCUT2D eigenvalue weighted by molar-refractivity contribution is -0.991. The molecule has 0 amide bonds. The van der Waals surface area contributed by atoms with Crippen LogP contribution in [0.25, 0.3) is 0 Å². The van der Waals surface area contributed by atoms with E-state index in [1.54, 1.807) is 12.1 Å². The van der Waals surface area contributed by atoms with Crippen molar-refractivity contribution in [3.63, 3.8) is 0 Å². The van der Waals surface area contributed by atoms with E-state index in [4.69, 9.17) is 9.94 Å². The van der Waals surface area contributed by atoms with Gasteiger partial charge in [-0.05, 0) is 6.07 Å². The summed E-state index contributed by atoms with van der Waals surface area (Å²) >= 11 is 0. The van der Waals surface area contributed by atoms with E-state index in [-0.39, 0.29) is 12.3 Å². The standard InChI is InChI=1S/C11H16N2O6/c14-8-5-19-11(10(16)9(8)15)12-6-2-1-3-7(4-6)13(17)18/h1-4,8-17H,5H2. The molecule has 6 N–H and O–H groups in total. The van der Waals surface area contributed by atoms with E-state index >= 15 is 0 Å². The van der Waals surface area contributed by atoms with Gasteiger partial charge < -0.3 is 30.6 Å². The fraction of sp³-hybridized carbons (Fsp3) is 0.455. The molecule has 19 heavy (non-hydrogen) atoms. The zero-order valence-corrected chi connectivity index (χ0v) is 9.93. The molecule has 8 heteroatoms. The molecule has 0 radical (unpaired) electrons. The summed E-state index contributed by atoms with van der Waals surface area (Å²) in [4.78, 5) is 0. The van der Waals surface area contributed by atoms with Crippen molar-refractivity contribution in [2.45, 2.75) is 24.5 Å². The lowest BCUT2D eigenvalue weighted by Crippen LogP contribution is -2.99. The molecule has 0 aromatic heterocycles. The van der Waals surface area contributed by atoms with Crippen LogP contribution in [-0.2, 0) is 4.74 Å². The molecule has 1 aliphatic rings. The summed E-state index contributed by atoms with van der Waals surface area (Å²) in [6.45, 7) is -0.117. The van der Waals surface area contributed by atoms with Gasteiger partial charge in [0.25, 0.3) is 0 Å². The predicted octanol–water partition coefficient (Wildman–Crippen LogP) is -2.06. The van der Waals surface area contributed by atoms with Gasteiger partial charge in [-0.15, -0.1) is 0 Å². The molecular formula is C11H16N2O6. The van der Waals surface area contributed by atoms with E-state index in [0.717, 1.165) is 0 Å². The number of aliphatic hydroxyl groups excluding tert-OH is 3. The quantitative estimate of drug-likeness (QED) is 0.349. The normalized spacial score (nSPS) is 32.9. The third-order valence-electron chi connectivity index (χ3n) is 2.92. The van der Waals surface area contributed by atoms with E-state index in [0.29, 0.717) is 5.69 Å². The molecule has 5 unspecified atom stereocenters.